The Labute approximate surface area is 162 Å². The number of carbonyl (C=O) groups is 1. The average molecular weight is 379 g/mol. The van der Waals surface area contributed by atoms with Crippen molar-refractivity contribution in [1.29, 1.82) is 0 Å². The lowest BCUT2D eigenvalue weighted by atomic mass is 10.2. The first kappa shape index (κ1) is 18.0. The van der Waals surface area contributed by atoms with Gasteiger partial charge in [-0.15, -0.1) is 0 Å². The number of para-hydroxylation sites is 2. The molecule has 8 nitrogen and oxygen atoms in total. The van der Waals surface area contributed by atoms with Gasteiger partial charge in [0.1, 0.15) is 11.6 Å². The molecule has 0 atom stereocenters. The molecule has 1 aliphatic heterocycles. The van der Waals surface area contributed by atoms with Crippen molar-refractivity contribution in [3.05, 3.63) is 60.0 Å². The predicted octanol–water partition coefficient (Wildman–Crippen LogP) is 3.21. The number of pyridine rings is 1. The smallest absolute Gasteiger partial charge is 0.255 e. The van der Waals surface area contributed by atoms with Crippen LogP contribution in [0.1, 0.15) is 16.1 Å². The van der Waals surface area contributed by atoms with Gasteiger partial charge >= 0.3 is 0 Å². The number of aromatic nitrogens is 2. The summed E-state index contributed by atoms with van der Waals surface area (Å²) in [7, 11) is 0. The van der Waals surface area contributed by atoms with Crippen LogP contribution < -0.4 is 15.5 Å². The number of hydrogen-bond acceptors (Lipinski definition) is 7. The van der Waals surface area contributed by atoms with Crippen LogP contribution in [0, 0.1) is 6.92 Å². The van der Waals surface area contributed by atoms with Crippen LogP contribution in [0.25, 0.3) is 0 Å². The van der Waals surface area contributed by atoms with Crippen LogP contribution in [0.5, 0.6) is 0 Å². The summed E-state index contributed by atoms with van der Waals surface area (Å²) in [4.78, 5) is 19.3. The Kier molecular flexibility index (Phi) is 5.20. The topological polar surface area (TPSA) is 92.5 Å². The highest BCUT2D eigenvalue weighted by atomic mass is 16.5. The molecule has 0 unspecified atom stereocenters. The molecular formula is C20H21N5O3. The number of carbonyl (C=O) groups excluding carboxylic acids is 1. The molecule has 3 heterocycles. The van der Waals surface area contributed by atoms with Crippen LogP contribution in [-0.2, 0) is 4.74 Å². The van der Waals surface area contributed by atoms with Gasteiger partial charge in [-0.2, -0.15) is 0 Å². The summed E-state index contributed by atoms with van der Waals surface area (Å²) in [5, 5.41) is 9.91. The maximum Gasteiger partial charge on any atom is 0.255 e. The standard InChI is InChI=1S/C20H21N5O3/c1-14-12-19(24-28-14)23-18-13-15(6-7-21-18)20(26)22-16-4-2-3-5-17(16)25-8-10-27-11-9-25/h2-7,12-13H,8-11H2,1H3,(H,22,26)(H,21,23,24). The lowest BCUT2D eigenvalue weighted by Crippen LogP contribution is -2.36. The van der Waals surface area contributed by atoms with E-state index in [0.717, 1.165) is 24.5 Å². The SMILES string of the molecule is Cc1cc(Nc2cc(C(=O)Nc3ccccc3N3CCOCC3)ccn2)no1. The fourth-order valence-corrected chi connectivity index (χ4v) is 3.05. The number of hydrogen-bond donors (Lipinski definition) is 2. The Balaban J connectivity index is 1.50. The van der Waals surface area contributed by atoms with E-state index in [2.05, 4.69) is 25.7 Å². The Morgan fingerprint density at radius 2 is 1.93 bits per heavy atom. The van der Waals surface area contributed by atoms with E-state index in [1.807, 2.05) is 24.3 Å². The number of benzene rings is 1. The molecule has 0 bridgehead atoms. The van der Waals surface area contributed by atoms with E-state index in [0.29, 0.717) is 36.2 Å². The van der Waals surface area contributed by atoms with E-state index in [1.54, 1.807) is 31.3 Å². The molecular weight excluding hydrogens is 358 g/mol. The molecule has 0 radical (unpaired) electrons. The minimum absolute atomic E-state index is 0.206. The van der Waals surface area contributed by atoms with Gasteiger partial charge in [-0.1, -0.05) is 17.3 Å². The van der Waals surface area contributed by atoms with E-state index in [1.165, 1.54) is 0 Å². The molecule has 2 N–H and O–H groups in total. The van der Waals surface area contributed by atoms with Crippen molar-refractivity contribution in [3.63, 3.8) is 0 Å². The van der Waals surface area contributed by atoms with Gasteiger partial charge < -0.3 is 24.8 Å². The van der Waals surface area contributed by atoms with Gasteiger partial charge in [0.2, 0.25) is 0 Å². The summed E-state index contributed by atoms with van der Waals surface area (Å²) in [6.45, 7) is 4.77. The van der Waals surface area contributed by atoms with Crippen molar-refractivity contribution in [3.8, 4) is 0 Å². The lowest BCUT2D eigenvalue weighted by Gasteiger charge is -2.30. The summed E-state index contributed by atoms with van der Waals surface area (Å²) >= 11 is 0. The Morgan fingerprint density at radius 1 is 1.11 bits per heavy atom. The highest BCUT2D eigenvalue weighted by Gasteiger charge is 2.16. The highest BCUT2D eigenvalue weighted by molar-refractivity contribution is 6.06. The van der Waals surface area contributed by atoms with Crippen LogP contribution in [0.4, 0.5) is 23.0 Å². The zero-order valence-corrected chi connectivity index (χ0v) is 15.5. The molecule has 3 aromatic rings. The second kappa shape index (κ2) is 8.10. The number of nitrogens with one attached hydrogen (secondary N) is 2. The summed E-state index contributed by atoms with van der Waals surface area (Å²) in [6, 6.07) is 12.9. The van der Waals surface area contributed by atoms with Crippen LogP contribution in [0.3, 0.4) is 0 Å². The van der Waals surface area contributed by atoms with Gasteiger partial charge in [0, 0.05) is 30.9 Å². The van der Waals surface area contributed by atoms with Crippen molar-refractivity contribution in [1.82, 2.24) is 10.1 Å². The third-order valence-electron chi connectivity index (χ3n) is 4.41. The monoisotopic (exact) mass is 379 g/mol. The molecule has 1 fully saturated rings. The normalized spacial score (nSPS) is 14.0. The Bertz CT molecular complexity index is 966. The van der Waals surface area contributed by atoms with E-state index < -0.39 is 0 Å². The number of amides is 1. The quantitative estimate of drug-likeness (QED) is 0.703. The molecule has 1 aliphatic rings. The first-order valence-corrected chi connectivity index (χ1v) is 9.08. The van der Waals surface area contributed by atoms with Crippen LogP contribution in [0.15, 0.2) is 53.2 Å². The van der Waals surface area contributed by atoms with Crippen LogP contribution >= 0.6 is 0 Å². The van der Waals surface area contributed by atoms with Gasteiger partial charge in [-0.3, -0.25) is 4.79 Å². The van der Waals surface area contributed by atoms with E-state index in [-0.39, 0.29) is 5.91 Å². The van der Waals surface area contributed by atoms with Gasteiger partial charge in [-0.05, 0) is 31.2 Å². The lowest BCUT2D eigenvalue weighted by molar-refractivity contribution is 0.102. The van der Waals surface area contributed by atoms with E-state index in [4.69, 9.17) is 9.26 Å². The highest BCUT2D eigenvalue weighted by Crippen LogP contribution is 2.27. The Hall–Kier alpha value is -3.39. The van der Waals surface area contributed by atoms with Crippen molar-refractivity contribution in [2.24, 2.45) is 0 Å². The van der Waals surface area contributed by atoms with Crippen molar-refractivity contribution < 1.29 is 14.1 Å². The summed E-state index contributed by atoms with van der Waals surface area (Å²) in [6.07, 6.45) is 1.58. The molecule has 0 aliphatic carbocycles. The fraction of sp³-hybridized carbons (Fsp3) is 0.250. The molecule has 8 heteroatoms. The first-order chi connectivity index (χ1) is 13.7. The third-order valence-corrected chi connectivity index (χ3v) is 4.41. The second-order valence-corrected chi connectivity index (χ2v) is 6.45. The zero-order chi connectivity index (χ0) is 19.3. The summed E-state index contributed by atoms with van der Waals surface area (Å²) in [5.74, 6) is 1.54. The molecule has 28 heavy (non-hydrogen) atoms. The van der Waals surface area contributed by atoms with Crippen LogP contribution in [0.2, 0.25) is 0 Å². The molecule has 2 aromatic heterocycles. The fourth-order valence-electron chi connectivity index (χ4n) is 3.05. The minimum Gasteiger partial charge on any atom is -0.378 e. The first-order valence-electron chi connectivity index (χ1n) is 9.08. The van der Waals surface area contributed by atoms with Gasteiger partial charge in [-0.25, -0.2) is 4.98 Å². The largest absolute Gasteiger partial charge is 0.378 e. The number of ether oxygens (including phenoxy) is 1. The van der Waals surface area contributed by atoms with E-state index in [9.17, 15) is 4.79 Å². The van der Waals surface area contributed by atoms with E-state index >= 15 is 0 Å². The van der Waals surface area contributed by atoms with Gasteiger partial charge in [0.15, 0.2) is 5.82 Å². The molecule has 0 spiro atoms. The third kappa shape index (κ3) is 4.12. The number of aryl methyl sites for hydroxylation is 1. The van der Waals surface area contributed by atoms with Gasteiger partial charge in [0.05, 0.1) is 24.6 Å². The van der Waals surface area contributed by atoms with Crippen molar-refractivity contribution >= 4 is 28.9 Å². The molecule has 4 rings (SSSR count). The maximum atomic E-state index is 12.8. The molecule has 144 valence electrons. The number of rotatable bonds is 5. The molecule has 1 amide bonds. The number of nitrogens with zero attached hydrogens (tertiary/aromatic N) is 3. The molecule has 1 aromatic carbocycles. The zero-order valence-electron chi connectivity index (χ0n) is 15.5. The second-order valence-electron chi connectivity index (χ2n) is 6.45. The molecule has 0 saturated carbocycles. The predicted molar refractivity (Wildman–Crippen MR) is 106 cm³/mol. The maximum absolute atomic E-state index is 12.8. The van der Waals surface area contributed by atoms with Crippen molar-refractivity contribution in [2.75, 3.05) is 41.8 Å². The summed E-state index contributed by atoms with van der Waals surface area (Å²) < 4.78 is 10.5. The molecule has 1 saturated heterocycles. The van der Waals surface area contributed by atoms with Gasteiger partial charge in [0.25, 0.3) is 5.91 Å². The minimum atomic E-state index is -0.206. The number of anilines is 4. The summed E-state index contributed by atoms with van der Waals surface area (Å²) in [5.41, 5.74) is 2.26. The van der Waals surface area contributed by atoms with Crippen LogP contribution in [-0.4, -0.2) is 42.4 Å². The average Bonchev–Trinajstić information content (AvgIpc) is 3.14. The number of morpholine rings is 1. The Morgan fingerprint density at radius 3 is 2.71 bits per heavy atom. The van der Waals surface area contributed by atoms with Crippen molar-refractivity contribution in [2.45, 2.75) is 6.92 Å².